The van der Waals surface area contributed by atoms with Gasteiger partial charge in [0.05, 0.1) is 0 Å². The van der Waals surface area contributed by atoms with Crippen LogP contribution in [0, 0.1) is 0 Å². The first-order chi connectivity index (χ1) is 5.38. The molecule has 0 N–H and O–H groups in total. The van der Waals surface area contributed by atoms with E-state index in [-0.39, 0.29) is 14.5 Å². The van der Waals surface area contributed by atoms with Gasteiger partial charge in [0, 0.05) is 0 Å². The normalized spacial score (nSPS) is 14.0. The SMILES string of the molecule is CCC(P[O-])c1ccccc1. The van der Waals surface area contributed by atoms with Gasteiger partial charge in [-0.15, -0.1) is 0 Å². The Kier molecular flexibility index (Phi) is 3.55. The average Bonchev–Trinajstić information content (AvgIpc) is 2.09. The quantitative estimate of drug-likeness (QED) is 0.632. The van der Waals surface area contributed by atoms with Crippen LogP contribution in [0.5, 0.6) is 0 Å². The van der Waals surface area contributed by atoms with Gasteiger partial charge in [0.1, 0.15) is 0 Å². The summed E-state index contributed by atoms with van der Waals surface area (Å²) in [5.74, 6) is 0. The fourth-order valence-corrected chi connectivity index (χ4v) is 1.57. The van der Waals surface area contributed by atoms with Gasteiger partial charge in [-0.1, -0.05) is 37.3 Å². The molecule has 1 aromatic carbocycles. The monoisotopic (exact) mass is 167 g/mol. The lowest BCUT2D eigenvalue weighted by molar-refractivity contribution is -0.152. The molecule has 0 amide bonds. The number of hydrogen-bond acceptors (Lipinski definition) is 1. The zero-order valence-electron chi connectivity index (χ0n) is 6.58. The average molecular weight is 167 g/mol. The summed E-state index contributed by atoms with van der Waals surface area (Å²) in [6, 6.07) is 10.00. The lowest BCUT2D eigenvalue weighted by Crippen LogP contribution is -1.95. The van der Waals surface area contributed by atoms with Crippen LogP contribution >= 0.6 is 8.81 Å². The second-order valence-electron chi connectivity index (χ2n) is 2.49. The summed E-state index contributed by atoms with van der Waals surface area (Å²) >= 11 is 0. The predicted molar refractivity (Wildman–Crippen MR) is 47.8 cm³/mol. The molecule has 0 radical (unpaired) electrons. The Labute approximate surface area is 69.3 Å². The fraction of sp³-hybridized carbons (Fsp3) is 0.333. The predicted octanol–water partition coefficient (Wildman–Crippen LogP) is 2.09. The molecular formula is C9H12OP-. The van der Waals surface area contributed by atoms with Gasteiger partial charge >= 0.3 is 0 Å². The number of hydrogen-bond donors (Lipinski definition) is 0. The van der Waals surface area contributed by atoms with Crippen molar-refractivity contribution >= 4 is 8.81 Å². The topological polar surface area (TPSA) is 23.1 Å². The zero-order chi connectivity index (χ0) is 8.10. The molecule has 0 heterocycles. The van der Waals surface area contributed by atoms with E-state index in [9.17, 15) is 4.89 Å². The van der Waals surface area contributed by atoms with Gasteiger partial charge in [0.15, 0.2) is 0 Å². The number of rotatable bonds is 3. The van der Waals surface area contributed by atoms with Crippen LogP contribution in [0.15, 0.2) is 30.3 Å². The van der Waals surface area contributed by atoms with Crippen molar-refractivity contribution in [3.8, 4) is 0 Å². The van der Waals surface area contributed by atoms with E-state index in [0.29, 0.717) is 0 Å². The van der Waals surface area contributed by atoms with Crippen molar-refractivity contribution in [2.24, 2.45) is 0 Å². The van der Waals surface area contributed by atoms with Gasteiger partial charge in [0.2, 0.25) is 0 Å². The van der Waals surface area contributed by atoms with Crippen molar-refractivity contribution in [3.63, 3.8) is 0 Å². The molecule has 0 aliphatic rings. The van der Waals surface area contributed by atoms with Crippen molar-refractivity contribution < 1.29 is 4.89 Å². The van der Waals surface area contributed by atoms with E-state index >= 15 is 0 Å². The molecule has 2 heteroatoms. The van der Waals surface area contributed by atoms with Crippen LogP contribution in [-0.2, 0) is 0 Å². The largest absolute Gasteiger partial charge is 0.831 e. The molecule has 0 aromatic heterocycles. The van der Waals surface area contributed by atoms with Crippen LogP contribution in [0.1, 0.15) is 24.6 Å². The molecule has 0 aliphatic heterocycles. The molecule has 1 rings (SSSR count). The maximum absolute atomic E-state index is 10.7. The maximum Gasteiger partial charge on any atom is -0.0136 e. The van der Waals surface area contributed by atoms with Crippen molar-refractivity contribution in [1.29, 1.82) is 0 Å². The first-order valence-electron chi connectivity index (χ1n) is 3.81. The van der Waals surface area contributed by atoms with Crippen LogP contribution < -0.4 is 4.89 Å². The Balaban J connectivity index is 2.74. The Bertz CT molecular complexity index is 194. The first kappa shape index (κ1) is 8.70. The summed E-state index contributed by atoms with van der Waals surface area (Å²) in [6.07, 6.45) is 0.950. The van der Waals surface area contributed by atoms with E-state index in [1.807, 2.05) is 30.3 Å². The van der Waals surface area contributed by atoms with E-state index in [1.54, 1.807) is 0 Å². The first-order valence-corrected chi connectivity index (χ1v) is 4.79. The third-order valence-corrected chi connectivity index (χ3v) is 2.78. The Morgan fingerprint density at radius 2 is 2.00 bits per heavy atom. The van der Waals surface area contributed by atoms with Crippen LogP contribution in [-0.4, -0.2) is 0 Å². The summed E-state index contributed by atoms with van der Waals surface area (Å²) in [5, 5.41) is 0. The van der Waals surface area contributed by atoms with Gasteiger partial charge < -0.3 is 4.89 Å². The Morgan fingerprint density at radius 1 is 1.36 bits per heavy atom. The minimum atomic E-state index is -0.224. The summed E-state index contributed by atoms with van der Waals surface area (Å²) < 4.78 is 0. The van der Waals surface area contributed by atoms with Gasteiger partial charge in [-0.2, -0.15) is 0 Å². The molecule has 2 atom stereocenters. The maximum atomic E-state index is 10.7. The van der Waals surface area contributed by atoms with E-state index in [0.717, 1.165) is 6.42 Å². The molecule has 11 heavy (non-hydrogen) atoms. The van der Waals surface area contributed by atoms with Crippen molar-refractivity contribution in [2.75, 3.05) is 0 Å². The third kappa shape index (κ3) is 2.28. The van der Waals surface area contributed by atoms with Crippen molar-refractivity contribution in [1.82, 2.24) is 0 Å². The Hall–Kier alpha value is -0.390. The molecule has 0 aliphatic carbocycles. The second-order valence-corrected chi connectivity index (χ2v) is 3.42. The van der Waals surface area contributed by atoms with Gasteiger partial charge in [0.25, 0.3) is 0 Å². The van der Waals surface area contributed by atoms with Gasteiger partial charge in [-0.25, -0.2) is 8.81 Å². The van der Waals surface area contributed by atoms with E-state index in [2.05, 4.69) is 6.92 Å². The van der Waals surface area contributed by atoms with Crippen LogP contribution in [0.4, 0.5) is 0 Å². The van der Waals surface area contributed by atoms with Crippen LogP contribution in [0.25, 0.3) is 0 Å². The highest BCUT2D eigenvalue weighted by atomic mass is 31.1. The molecule has 0 saturated carbocycles. The number of benzene rings is 1. The summed E-state index contributed by atoms with van der Waals surface area (Å²) in [7, 11) is -0.224. The van der Waals surface area contributed by atoms with Gasteiger partial charge in [-0.05, 0) is 17.6 Å². The van der Waals surface area contributed by atoms with Crippen LogP contribution in [0.3, 0.4) is 0 Å². The zero-order valence-corrected chi connectivity index (χ0v) is 7.58. The highest BCUT2D eigenvalue weighted by molar-refractivity contribution is 7.30. The molecule has 1 aromatic rings. The minimum absolute atomic E-state index is 0.224. The minimum Gasteiger partial charge on any atom is -0.831 e. The summed E-state index contributed by atoms with van der Waals surface area (Å²) in [5.41, 5.74) is 1.42. The summed E-state index contributed by atoms with van der Waals surface area (Å²) in [6.45, 7) is 2.06. The fourth-order valence-electron chi connectivity index (χ4n) is 1.07. The molecule has 60 valence electrons. The highest BCUT2D eigenvalue weighted by Gasteiger charge is 2.00. The van der Waals surface area contributed by atoms with E-state index in [4.69, 9.17) is 0 Å². The summed E-state index contributed by atoms with van der Waals surface area (Å²) in [4.78, 5) is 10.7. The Morgan fingerprint density at radius 3 is 2.45 bits per heavy atom. The lowest BCUT2D eigenvalue weighted by Gasteiger charge is -2.18. The van der Waals surface area contributed by atoms with E-state index < -0.39 is 0 Å². The van der Waals surface area contributed by atoms with Crippen molar-refractivity contribution in [2.45, 2.75) is 19.0 Å². The molecule has 1 nitrogen and oxygen atoms in total. The van der Waals surface area contributed by atoms with Crippen molar-refractivity contribution in [3.05, 3.63) is 35.9 Å². The lowest BCUT2D eigenvalue weighted by atomic mass is 10.1. The highest BCUT2D eigenvalue weighted by Crippen LogP contribution is 2.31. The standard InChI is InChI=1S/C9H12OP/c1-2-9(11-10)8-6-4-3-5-7-8/h3-7,9,11H,2H2,1H3/q-1. The van der Waals surface area contributed by atoms with Crippen LogP contribution in [0.2, 0.25) is 0 Å². The van der Waals surface area contributed by atoms with E-state index in [1.165, 1.54) is 5.56 Å². The smallest absolute Gasteiger partial charge is 0.0136 e. The molecule has 0 saturated heterocycles. The molecule has 0 spiro atoms. The third-order valence-electron chi connectivity index (χ3n) is 1.75. The molecular weight excluding hydrogens is 155 g/mol. The molecule has 0 bridgehead atoms. The molecule has 0 fully saturated rings. The van der Waals surface area contributed by atoms with Gasteiger partial charge in [-0.3, -0.25) is 0 Å². The molecule has 2 unspecified atom stereocenters. The second kappa shape index (κ2) is 4.48.